The monoisotopic (exact) mass is 505 g/mol. The highest BCUT2D eigenvalue weighted by Crippen LogP contribution is 2.38. The zero-order chi connectivity index (χ0) is 25.5. The van der Waals surface area contributed by atoms with E-state index in [-0.39, 0.29) is 0 Å². The summed E-state index contributed by atoms with van der Waals surface area (Å²) in [5.74, 6) is -1.66. The largest absolute Gasteiger partial charge is 0.489 e. The van der Waals surface area contributed by atoms with Gasteiger partial charge in [-0.25, -0.2) is 10.2 Å². The SMILES string of the molecule is COC(=O)c1c(NC(=O)C(=O)NN=Cc2ccc(OCc3cccc(C)c3)cc2)sc2c1CCCC2. The minimum absolute atomic E-state index is 0.333. The number of nitrogens with one attached hydrogen (secondary N) is 2. The zero-order valence-electron chi connectivity index (χ0n) is 20.1. The second-order valence-corrected chi connectivity index (χ2v) is 9.51. The quantitative estimate of drug-likeness (QED) is 0.214. The Labute approximate surface area is 213 Å². The maximum Gasteiger partial charge on any atom is 0.341 e. The van der Waals surface area contributed by atoms with E-state index in [1.807, 2.05) is 25.1 Å². The fourth-order valence-electron chi connectivity index (χ4n) is 3.97. The average molecular weight is 506 g/mol. The van der Waals surface area contributed by atoms with Crippen LogP contribution in [0.2, 0.25) is 0 Å². The fourth-order valence-corrected chi connectivity index (χ4v) is 5.24. The maximum atomic E-state index is 12.4. The molecule has 1 aromatic heterocycles. The molecule has 1 aliphatic rings. The highest BCUT2D eigenvalue weighted by atomic mass is 32.1. The van der Waals surface area contributed by atoms with E-state index < -0.39 is 17.8 Å². The van der Waals surface area contributed by atoms with E-state index in [1.54, 1.807) is 24.3 Å². The van der Waals surface area contributed by atoms with Gasteiger partial charge in [-0.15, -0.1) is 11.3 Å². The lowest BCUT2D eigenvalue weighted by Gasteiger charge is -2.11. The molecule has 0 atom stereocenters. The molecule has 2 amide bonds. The fraction of sp³-hybridized carbons (Fsp3) is 0.259. The standard InChI is InChI=1S/C27H27N3O5S/c1-17-6-5-7-19(14-17)16-35-20-12-10-18(11-13-20)15-28-30-25(32)24(31)29-26-23(27(33)34-2)21-8-3-4-9-22(21)36-26/h5-7,10-15H,3-4,8-9,16H2,1-2H3,(H,29,31)(H,30,32). The molecule has 1 heterocycles. The van der Waals surface area contributed by atoms with Crippen molar-refractivity contribution in [3.05, 3.63) is 81.2 Å². The van der Waals surface area contributed by atoms with Crippen LogP contribution >= 0.6 is 11.3 Å². The molecule has 0 spiro atoms. The number of rotatable bonds is 7. The molecule has 186 valence electrons. The van der Waals surface area contributed by atoms with Crippen molar-refractivity contribution in [2.75, 3.05) is 12.4 Å². The van der Waals surface area contributed by atoms with E-state index in [0.717, 1.165) is 47.3 Å². The summed E-state index contributed by atoms with van der Waals surface area (Å²) in [7, 11) is 1.30. The minimum Gasteiger partial charge on any atom is -0.489 e. The van der Waals surface area contributed by atoms with Crippen molar-refractivity contribution in [3.8, 4) is 5.75 Å². The third-order valence-corrected chi connectivity index (χ3v) is 6.95. The van der Waals surface area contributed by atoms with Crippen molar-refractivity contribution in [1.82, 2.24) is 5.43 Å². The molecule has 0 fully saturated rings. The van der Waals surface area contributed by atoms with Crippen LogP contribution in [-0.4, -0.2) is 31.1 Å². The highest BCUT2D eigenvalue weighted by molar-refractivity contribution is 7.17. The highest BCUT2D eigenvalue weighted by Gasteiger charge is 2.28. The van der Waals surface area contributed by atoms with Crippen molar-refractivity contribution in [2.45, 2.75) is 39.2 Å². The van der Waals surface area contributed by atoms with E-state index in [0.29, 0.717) is 22.9 Å². The smallest absolute Gasteiger partial charge is 0.341 e. The van der Waals surface area contributed by atoms with Gasteiger partial charge in [0.05, 0.1) is 18.9 Å². The minimum atomic E-state index is -0.938. The van der Waals surface area contributed by atoms with Crippen LogP contribution in [0.15, 0.2) is 53.6 Å². The van der Waals surface area contributed by atoms with Crippen molar-refractivity contribution >= 4 is 40.3 Å². The number of hydrogen-bond acceptors (Lipinski definition) is 7. The summed E-state index contributed by atoms with van der Waals surface area (Å²) in [6.45, 7) is 2.50. The Bertz CT molecular complexity index is 1300. The molecular weight excluding hydrogens is 478 g/mol. The molecule has 0 saturated heterocycles. The van der Waals surface area contributed by atoms with Gasteiger partial charge in [0.25, 0.3) is 0 Å². The maximum absolute atomic E-state index is 12.4. The van der Waals surface area contributed by atoms with Gasteiger partial charge in [-0.05, 0) is 73.6 Å². The Hall–Kier alpha value is -3.98. The van der Waals surface area contributed by atoms with Crippen molar-refractivity contribution in [1.29, 1.82) is 0 Å². The molecule has 0 unspecified atom stereocenters. The van der Waals surface area contributed by atoms with E-state index >= 15 is 0 Å². The van der Waals surface area contributed by atoms with Gasteiger partial charge < -0.3 is 14.8 Å². The number of esters is 1. The van der Waals surface area contributed by atoms with E-state index in [2.05, 4.69) is 21.9 Å². The first-order valence-corrected chi connectivity index (χ1v) is 12.4. The Morgan fingerprint density at radius 1 is 1.06 bits per heavy atom. The molecule has 3 aromatic rings. The van der Waals surface area contributed by atoms with Crippen LogP contribution in [-0.2, 0) is 33.8 Å². The zero-order valence-corrected chi connectivity index (χ0v) is 20.9. The van der Waals surface area contributed by atoms with Gasteiger partial charge >= 0.3 is 17.8 Å². The summed E-state index contributed by atoms with van der Waals surface area (Å²) in [5, 5.41) is 6.74. The molecule has 4 rings (SSSR count). The van der Waals surface area contributed by atoms with Gasteiger partial charge in [-0.2, -0.15) is 5.10 Å². The Morgan fingerprint density at radius 3 is 2.58 bits per heavy atom. The Kier molecular flexibility index (Phi) is 8.12. The average Bonchev–Trinajstić information content (AvgIpc) is 3.25. The van der Waals surface area contributed by atoms with Gasteiger partial charge in [-0.1, -0.05) is 29.8 Å². The topological polar surface area (TPSA) is 106 Å². The van der Waals surface area contributed by atoms with Crippen LogP contribution in [0.1, 0.15) is 50.3 Å². The van der Waals surface area contributed by atoms with Crippen LogP contribution in [0.3, 0.4) is 0 Å². The number of amides is 2. The van der Waals surface area contributed by atoms with Crippen LogP contribution in [0.4, 0.5) is 5.00 Å². The summed E-state index contributed by atoms with van der Waals surface area (Å²) >= 11 is 1.31. The predicted molar refractivity (Wildman–Crippen MR) is 139 cm³/mol. The van der Waals surface area contributed by atoms with Crippen molar-refractivity contribution in [2.24, 2.45) is 5.10 Å². The molecule has 0 bridgehead atoms. The number of fused-ring (bicyclic) bond motifs is 1. The first-order chi connectivity index (χ1) is 17.4. The van der Waals surface area contributed by atoms with Gasteiger partial charge in [-0.3, -0.25) is 9.59 Å². The number of carbonyl (C=O) groups excluding carboxylic acids is 3. The molecule has 2 N–H and O–H groups in total. The van der Waals surface area contributed by atoms with Crippen LogP contribution in [0, 0.1) is 6.92 Å². The molecule has 9 heteroatoms. The first-order valence-electron chi connectivity index (χ1n) is 11.6. The number of ether oxygens (including phenoxy) is 2. The lowest BCUT2D eigenvalue weighted by Crippen LogP contribution is -2.32. The molecule has 1 aliphatic carbocycles. The first kappa shape index (κ1) is 25.1. The summed E-state index contributed by atoms with van der Waals surface area (Å²) < 4.78 is 10.7. The van der Waals surface area contributed by atoms with Gasteiger partial charge in [0.1, 0.15) is 17.4 Å². The van der Waals surface area contributed by atoms with Crippen LogP contribution in [0.5, 0.6) is 5.75 Å². The molecule has 0 radical (unpaired) electrons. The van der Waals surface area contributed by atoms with Gasteiger partial charge in [0, 0.05) is 4.88 Å². The predicted octanol–water partition coefficient (Wildman–Crippen LogP) is 4.39. The van der Waals surface area contributed by atoms with E-state index in [4.69, 9.17) is 9.47 Å². The van der Waals surface area contributed by atoms with Crippen molar-refractivity contribution in [3.63, 3.8) is 0 Å². The molecule has 2 aromatic carbocycles. The number of anilines is 1. The lowest BCUT2D eigenvalue weighted by molar-refractivity contribution is -0.136. The molecule has 36 heavy (non-hydrogen) atoms. The number of hydrazone groups is 1. The van der Waals surface area contributed by atoms with Crippen LogP contribution in [0.25, 0.3) is 0 Å². The van der Waals surface area contributed by atoms with E-state index in [9.17, 15) is 14.4 Å². The van der Waals surface area contributed by atoms with Crippen molar-refractivity contribution < 1.29 is 23.9 Å². The van der Waals surface area contributed by atoms with E-state index in [1.165, 1.54) is 30.2 Å². The Balaban J connectivity index is 1.31. The third kappa shape index (κ3) is 6.17. The van der Waals surface area contributed by atoms with Crippen LogP contribution < -0.4 is 15.5 Å². The summed E-state index contributed by atoms with van der Waals surface area (Å²) in [6.07, 6.45) is 5.01. The number of methoxy groups -OCH3 is 1. The number of nitrogens with zero attached hydrogens (tertiary/aromatic N) is 1. The number of thiophene rings is 1. The third-order valence-electron chi connectivity index (χ3n) is 5.74. The number of aryl methyl sites for hydroxylation is 2. The molecular formula is C27H27N3O5S. The van der Waals surface area contributed by atoms with Gasteiger partial charge in [0.2, 0.25) is 0 Å². The molecule has 0 aliphatic heterocycles. The Morgan fingerprint density at radius 2 is 1.83 bits per heavy atom. The second-order valence-electron chi connectivity index (χ2n) is 8.41. The summed E-state index contributed by atoms with van der Waals surface area (Å²) in [6, 6.07) is 15.3. The summed E-state index contributed by atoms with van der Waals surface area (Å²) in [5.41, 5.74) is 6.44. The lowest BCUT2D eigenvalue weighted by atomic mass is 9.95. The normalized spacial score (nSPS) is 12.6. The number of benzene rings is 2. The second kappa shape index (κ2) is 11.6. The number of carbonyl (C=O) groups is 3. The van der Waals surface area contributed by atoms with Gasteiger partial charge in [0.15, 0.2) is 0 Å². The molecule has 0 saturated carbocycles. The number of hydrogen-bond donors (Lipinski definition) is 2. The summed E-state index contributed by atoms with van der Waals surface area (Å²) in [4.78, 5) is 38.0. The molecule has 8 nitrogen and oxygen atoms in total.